The molecule has 3 aromatic carbocycles. The molecule has 0 radical (unpaired) electrons. The Morgan fingerprint density at radius 2 is 1.72 bits per heavy atom. The normalized spacial score (nSPS) is 11.4. The summed E-state index contributed by atoms with van der Waals surface area (Å²) in [6.45, 7) is 0.386. The molecule has 3 rings (SSSR count). The fourth-order valence-electron chi connectivity index (χ4n) is 2.53. The van der Waals surface area contributed by atoms with E-state index in [1.807, 2.05) is 42.5 Å². The van der Waals surface area contributed by atoms with Crippen LogP contribution in [0.25, 0.3) is 0 Å². The number of hydrogen-bond acceptors (Lipinski definition) is 5. The summed E-state index contributed by atoms with van der Waals surface area (Å²) >= 11 is 5.91. The first kappa shape index (κ1) is 20.7. The Hall–Kier alpha value is -3.03. The van der Waals surface area contributed by atoms with Crippen molar-refractivity contribution in [1.82, 2.24) is 4.83 Å². The monoisotopic (exact) mass is 430 g/mol. The molecule has 0 aliphatic heterocycles. The van der Waals surface area contributed by atoms with Gasteiger partial charge in [-0.2, -0.15) is 18.4 Å². The van der Waals surface area contributed by atoms with Crippen molar-refractivity contribution in [2.75, 3.05) is 7.11 Å². The van der Waals surface area contributed by atoms with E-state index in [1.165, 1.54) is 25.5 Å². The number of rotatable bonds is 8. The van der Waals surface area contributed by atoms with Gasteiger partial charge < -0.3 is 9.47 Å². The lowest BCUT2D eigenvalue weighted by Crippen LogP contribution is -2.19. The van der Waals surface area contributed by atoms with Crippen molar-refractivity contribution >= 4 is 27.8 Å². The van der Waals surface area contributed by atoms with E-state index in [0.717, 1.165) is 5.56 Å². The Bertz CT molecular complexity index is 1100. The maximum atomic E-state index is 12.6. The second kappa shape index (κ2) is 9.45. The number of ether oxygens (including phenoxy) is 2. The fourth-order valence-corrected chi connectivity index (χ4v) is 3.75. The highest BCUT2D eigenvalue weighted by molar-refractivity contribution is 7.89. The summed E-state index contributed by atoms with van der Waals surface area (Å²) in [6, 6.07) is 21.3. The lowest BCUT2D eigenvalue weighted by molar-refractivity contribution is 0.306. The highest BCUT2D eigenvalue weighted by atomic mass is 35.5. The molecule has 0 saturated carbocycles. The van der Waals surface area contributed by atoms with E-state index in [2.05, 4.69) is 9.93 Å². The number of para-hydroxylation sites is 1. The van der Waals surface area contributed by atoms with E-state index in [9.17, 15) is 8.42 Å². The maximum Gasteiger partial charge on any atom is 0.280 e. The first-order chi connectivity index (χ1) is 14.0. The van der Waals surface area contributed by atoms with Gasteiger partial charge >= 0.3 is 0 Å². The average molecular weight is 431 g/mol. The van der Waals surface area contributed by atoms with Crippen LogP contribution in [0.15, 0.2) is 82.8 Å². The minimum Gasteiger partial charge on any atom is -0.495 e. The molecule has 0 atom stereocenters. The molecular weight excluding hydrogens is 412 g/mol. The second-order valence-electron chi connectivity index (χ2n) is 5.96. The summed E-state index contributed by atoms with van der Waals surface area (Å²) < 4.78 is 36.0. The van der Waals surface area contributed by atoms with Crippen LogP contribution in [-0.4, -0.2) is 21.7 Å². The van der Waals surface area contributed by atoms with Crippen molar-refractivity contribution in [3.63, 3.8) is 0 Å². The first-order valence-electron chi connectivity index (χ1n) is 8.64. The van der Waals surface area contributed by atoms with Crippen LogP contribution in [0.2, 0.25) is 5.02 Å². The van der Waals surface area contributed by atoms with E-state index < -0.39 is 10.0 Å². The van der Waals surface area contributed by atoms with Gasteiger partial charge in [-0.15, -0.1) is 0 Å². The molecule has 8 heteroatoms. The Labute approximate surface area is 174 Å². The van der Waals surface area contributed by atoms with E-state index in [1.54, 1.807) is 18.2 Å². The van der Waals surface area contributed by atoms with E-state index in [4.69, 9.17) is 21.1 Å². The number of nitrogens with zero attached hydrogens (tertiary/aromatic N) is 1. The zero-order chi connectivity index (χ0) is 20.7. The quantitative estimate of drug-likeness (QED) is 0.428. The highest BCUT2D eigenvalue weighted by Gasteiger charge is 2.19. The number of benzene rings is 3. The summed E-state index contributed by atoms with van der Waals surface area (Å²) in [5.74, 6) is 0.753. The molecule has 0 bridgehead atoms. The van der Waals surface area contributed by atoms with Crippen molar-refractivity contribution in [2.24, 2.45) is 5.10 Å². The van der Waals surface area contributed by atoms with Gasteiger partial charge in [0.25, 0.3) is 10.0 Å². The SMILES string of the molecule is COc1ccc(Cl)cc1S(=O)(=O)N/N=C/c1ccccc1OCc1ccccc1. The smallest absolute Gasteiger partial charge is 0.280 e. The largest absolute Gasteiger partial charge is 0.495 e. The van der Waals surface area contributed by atoms with Crippen LogP contribution in [0.3, 0.4) is 0 Å². The maximum absolute atomic E-state index is 12.6. The summed E-state index contributed by atoms with van der Waals surface area (Å²) in [4.78, 5) is 2.08. The topological polar surface area (TPSA) is 77.0 Å². The molecule has 0 saturated heterocycles. The van der Waals surface area contributed by atoms with Crippen molar-refractivity contribution < 1.29 is 17.9 Å². The molecule has 1 N–H and O–H groups in total. The lowest BCUT2D eigenvalue weighted by atomic mass is 10.2. The van der Waals surface area contributed by atoms with Crippen LogP contribution >= 0.6 is 11.6 Å². The molecule has 0 heterocycles. The number of sulfonamides is 1. The van der Waals surface area contributed by atoms with Gasteiger partial charge in [-0.1, -0.05) is 54.1 Å². The molecule has 150 valence electrons. The van der Waals surface area contributed by atoms with Gasteiger partial charge in [0, 0.05) is 10.6 Å². The van der Waals surface area contributed by atoms with Gasteiger partial charge in [0.15, 0.2) is 0 Å². The molecule has 0 fully saturated rings. The van der Waals surface area contributed by atoms with Crippen molar-refractivity contribution in [3.8, 4) is 11.5 Å². The lowest BCUT2D eigenvalue weighted by Gasteiger charge is -2.10. The first-order valence-corrected chi connectivity index (χ1v) is 10.5. The fraction of sp³-hybridized carbons (Fsp3) is 0.0952. The second-order valence-corrected chi connectivity index (χ2v) is 8.03. The standard InChI is InChI=1S/C21H19ClN2O4S/c1-27-20-12-11-18(22)13-21(20)29(25,26)24-23-14-17-9-5-6-10-19(17)28-15-16-7-3-2-4-8-16/h2-14,24H,15H2,1H3/b23-14+. The zero-order valence-electron chi connectivity index (χ0n) is 15.6. The summed E-state index contributed by atoms with van der Waals surface area (Å²) in [7, 11) is -2.58. The molecule has 0 amide bonds. The van der Waals surface area contributed by atoms with Crippen molar-refractivity contribution in [1.29, 1.82) is 0 Å². The number of nitrogens with one attached hydrogen (secondary N) is 1. The third kappa shape index (κ3) is 5.49. The van der Waals surface area contributed by atoms with Crippen LogP contribution in [0.5, 0.6) is 11.5 Å². The predicted octanol–water partition coefficient (Wildman–Crippen LogP) is 4.24. The number of halogens is 1. The van der Waals surface area contributed by atoms with Crippen LogP contribution in [0, 0.1) is 0 Å². The van der Waals surface area contributed by atoms with Gasteiger partial charge in [-0.05, 0) is 35.9 Å². The molecule has 29 heavy (non-hydrogen) atoms. The number of hydrazone groups is 1. The molecule has 0 aliphatic rings. The van der Waals surface area contributed by atoms with E-state index in [-0.39, 0.29) is 15.7 Å². The van der Waals surface area contributed by atoms with E-state index >= 15 is 0 Å². The Morgan fingerprint density at radius 1 is 1.00 bits per heavy atom. The van der Waals surface area contributed by atoms with Gasteiger partial charge in [0.05, 0.1) is 13.3 Å². The van der Waals surface area contributed by atoms with Crippen LogP contribution in [-0.2, 0) is 16.6 Å². The minimum atomic E-state index is -3.96. The molecule has 0 spiro atoms. The zero-order valence-corrected chi connectivity index (χ0v) is 17.2. The minimum absolute atomic E-state index is 0.0988. The van der Waals surface area contributed by atoms with Crippen molar-refractivity contribution in [2.45, 2.75) is 11.5 Å². The molecule has 0 unspecified atom stereocenters. The average Bonchev–Trinajstić information content (AvgIpc) is 2.73. The van der Waals surface area contributed by atoms with E-state index in [0.29, 0.717) is 17.9 Å². The predicted molar refractivity (Wildman–Crippen MR) is 113 cm³/mol. The molecule has 0 aliphatic carbocycles. The van der Waals surface area contributed by atoms with Crippen LogP contribution < -0.4 is 14.3 Å². The van der Waals surface area contributed by atoms with Gasteiger partial charge in [0.2, 0.25) is 0 Å². The third-order valence-electron chi connectivity index (χ3n) is 3.95. The summed E-state index contributed by atoms with van der Waals surface area (Å²) in [5, 5.41) is 4.14. The molecular formula is C21H19ClN2O4S. The summed E-state index contributed by atoms with van der Waals surface area (Å²) in [5.41, 5.74) is 1.65. The Balaban J connectivity index is 1.74. The molecule has 0 aromatic heterocycles. The van der Waals surface area contributed by atoms with Gasteiger partial charge in [-0.25, -0.2) is 0 Å². The van der Waals surface area contributed by atoms with Crippen molar-refractivity contribution in [3.05, 3.63) is 88.9 Å². The number of methoxy groups -OCH3 is 1. The van der Waals surface area contributed by atoms with Gasteiger partial charge in [0.1, 0.15) is 23.0 Å². The molecule has 6 nitrogen and oxygen atoms in total. The van der Waals surface area contributed by atoms with Crippen LogP contribution in [0.1, 0.15) is 11.1 Å². The Kier molecular flexibility index (Phi) is 6.74. The highest BCUT2D eigenvalue weighted by Crippen LogP contribution is 2.26. The third-order valence-corrected chi connectivity index (χ3v) is 5.43. The molecule has 3 aromatic rings. The Morgan fingerprint density at radius 3 is 2.48 bits per heavy atom. The van der Waals surface area contributed by atoms with Gasteiger partial charge in [-0.3, -0.25) is 0 Å². The summed E-state index contributed by atoms with van der Waals surface area (Å²) in [6.07, 6.45) is 1.38. The van der Waals surface area contributed by atoms with Crippen LogP contribution in [0.4, 0.5) is 0 Å². The number of hydrogen-bond donors (Lipinski definition) is 1.